The van der Waals surface area contributed by atoms with Crippen LogP contribution in [0.5, 0.6) is 0 Å². The summed E-state index contributed by atoms with van der Waals surface area (Å²) in [7, 11) is 0. The molecule has 15 heavy (non-hydrogen) atoms. The number of nitrogen functional groups attached to an aromatic ring is 1. The van der Waals surface area contributed by atoms with Gasteiger partial charge < -0.3 is 10.2 Å². The molecule has 1 heterocycles. The van der Waals surface area contributed by atoms with Crippen molar-refractivity contribution in [2.75, 3.05) is 5.73 Å². The van der Waals surface area contributed by atoms with Crippen LogP contribution in [0.1, 0.15) is 21.5 Å². The third-order valence-electron chi connectivity index (χ3n) is 2.27. The lowest BCUT2D eigenvalue weighted by Gasteiger charge is -1.99. The van der Waals surface area contributed by atoms with Crippen LogP contribution < -0.4 is 5.73 Å². The Hall–Kier alpha value is -2.03. The van der Waals surface area contributed by atoms with Crippen molar-refractivity contribution in [1.29, 1.82) is 0 Å². The Labute approximate surface area is 87.5 Å². The molecule has 2 rings (SSSR count). The molecule has 3 heteroatoms. The summed E-state index contributed by atoms with van der Waals surface area (Å²) < 4.78 is 4.97. The summed E-state index contributed by atoms with van der Waals surface area (Å²) in [5.41, 5.74) is 8.25. The summed E-state index contributed by atoms with van der Waals surface area (Å²) in [6.07, 6.45) is 3.03. The molecule has 76 valence electrons. The summed E-state index contributed by atoms with van der Waals surface area (Å²) >= 11 is 0. The van der Waals surface area contributed by atoms with Gasteiger partial charge >= 0.3 is 0 Å². The first-order valence-corrected chi connectivity index (χ1v) is 4.61. The number of benzene rings is 1. The number of hydrogen-bond acceptors (Lipinski definition) is 3. The summed E-state index contributed by atoms with van der Waals surface area (Å²) in [5.74, 6) is -0.0405. The number of ketones is 1. The molecule has 1 aromatic carbocycles. The first-order valence-electron chi connectivity index (χ1n) is 4.61. The van der Waals surface area contributed by atoms with Gasteiger partial charge in [0.2, 0.25) is 0 Å². The summed E-state index contributed by atoms with van der Waals surface area (Å²) in [6.45, 7) is 1.84. The lowest BCUT2D eigenvalue weighted by Crippen LogP contribution is -2.01. The largest absolute Gasteiger partial charge is 0.472 e. The van der Waals surface area contributed by atoms with Crippen LogP contribution in [0.2, 0.25) is 0 Å². The number of nitrogens with two attached hydrogens (primary N) is 1. The van der Waals surface area contributed by atoms with Gasteiger partial charge in [0.25, 0.3) is 0 Å². The lowest BCUT2D eigenvalue weighted by atomic mass is 10.0. The second-order valence-electron chi connectivity index (χ2n) is 3.42. The van der Waals surface area contributed by atoms with Gasteiger partial charge in [-0.15, -0.1) is 0 Å². The average Bonchev–Trinajstić information content (AvgIpc) is 2.65. The fraction of sp³-hybridized carbons (Fsp3) is 0.0833. The van der Waals surface area contributed by atoms with Crippen LogP contribution in [0.25, 0.3) is 0 Å². The summed E-state index contributed by atoms with van der Waals surface area (Å²) in [5, 5.41) is 0. The van der Waals surface area contributed by atoms with E-state index in [4.69, 9.17) is 10.2 Å². The van der Waals surface area contributed by atoms with Crippen molar-refractivity contribution in [3.05, 3.63) is 53.5 Å². The van der Waals surface area contributed by atoms with Crippen molar-refractivity contribution in [3.63, 3.8) is 0 Å². The maximum Gasteiger partial charge on any atom is 0.196 e. The van der Waals surface area contributed by atoms with E-state index in [2.05, 4.69) is 0 Å². The Morgan fingerprint density at radius 1 is 1.20 bits per heavy atom. The number of rotatable bonds is 2. The topological polar surface area (TPSA) is 56.2 Å². The van der Waals surface area contributed by atoms with Crippen LogP contribution in [-0.2, 0) is 0 Å². The molecular formula is C12H11NO2. The van der Waals surface area contributed by atoms with E-state index in [1.54, 1.807) is 30.5 Å². The zero-order chi connectivity index (χ0) is 10.8. The molecule has 0 aliphatic rings. The van der Waals surface area contributed by atoms with E-state index in [1.165, 1.54) is 6.26 Å². The Kier molecular flexibility index (Phi) is 2.29. The first kappa shape index (κ1) is 9.52. The zero-order valence-corrected chi connectivity index (χ0v) is 8.36. The number of carbonyl (C=O) groups is 1. The Morgan fingerprint density at radius 3 is 2.40 bits per heavy atom. The van der Waals surface area contributed by atoms with Crippen LogP contribution in [0, 0.1) is 6.92 Å². The Balaban J connectivity index is 2.37. The van der Waals surface area contributed by atoms with Crippen molar-refractivity contribution in [2.45, 2.75) is 6.92 Å². The minimum atomic E-state index is -0.0405. The molecule has 0 saturated carbocycles. The maximum absolute atomic E-state index is 11.9. The molecule has 0 aliphatic heterocycles. The highest BCUT2D eigenvalue weighted by atomic mass is 16.3. The van der Waals surface area contributed by atoms with Crippen LogP contribution in [0.4, 0.5) is 5.69 Å². The molecule has 0 radical (unpaired) electrons. The van der Waals surface area contributed by atoms with Crippen LogP contribution in [0.3, 0.4) is 0 Å². The van der Waals surface area contributed by atoms with Crippen LogP contribution >= 0.6 is 0 Å². The molecule has 2 N–H and O–H groups in total. The Bertz CT molecular complexity index is 483. The Morgan fingerprint density at radius 2 is 1.87 bits per heavy atom. The van der Waals surface area contributed by atoms with Gasteiger partial charge in [-0.3, -0.25) is 4.79 Å². The molecule has 0 spiro atoms. The normalized spacial score (nSPS) is 10.2. The molecule has 0 aliphatic carbocycles. The number of anilines is 1. The number of hydrogen-bond donors (Lipinski definition) is 1. The van der Waals surface area contributed by atoms with E-state index < -0.39 is 0 Å². The lowest BCUT2D eigenvalue weighted by molar-refractivity contribution is 0.103. The van der Waals surface area contributed by atoms with Crippen LogP contribution in [-0.4, -0.2) is 5.78 Å². The van der Waals surface area contributed by atoms with Gasteiger partial charge in [0.05, 0.1) is 11.8 Å². The molecular weight excluding hydrogens is 190 g/mol. The number of furan rings is 1. The van der Waals surface area contributed by atoms with Crippen molar-refractivity contribution in [3.8, 4) is 0 Å². The van der Waals surface area contributed by atoms with E-state index in [0.29, 0.717) is 16.8 Å². The molecule has 0 saturated heterocycles. The molecule has 0 atom stereocenters. The monoisotopic (exact) mass is 201 g/mol. The molecule has 3 nitrogen and oxygen atoms in total. The van der Waals surface area contributed by atoms with Gasteiger partial charge in [-0.05, 0) is 36.8 Å². The van der Waals surface area contributed by atoms with Crippen molar-refractivity contribution in [1.82, 2.24) is 0 Å². The average molecular weight is 201 g/mol. The van der Waals surface area contributed by atoms with E-state index in [9.17, 15) is 4.79 Å². The predicted octanol–water partition coefficient (Wildman–Crippen LogP) is 2.40. The first-order chi connectivity index (χ1) is 7.18. The van der Waals surface area contributed by atoms with E-state index in [1.807, 2.05) is 6.92 Å². The third kappa shape index (κ3) is 1.76. The third-order valence-corrected chi connectivity index (χ3v) is 2.27. The minimum Gasteiger partial charge on any atom is -0.472 e. The smallest absolute Gasteiger partial charge is 0.196 e. The van der Waals surface area contributed by atoms with Gasteiger partial charge in [0.1, 0.15) is 6.26 Å². The predicted molar refractivity (Wildman–Crippen MR) is 57.7 cm³/mol. The standard InChI is InChI=1S/C12H11NO2/c1-8-6-15-7-11(8)12(14)9-2-4-10(13)5-3-9/h2-7H,13H2,1H3. The van der Waals surface area contributed by atoms with Gasteiger partial charge in [-0.2, -0.15) is 0 Å². The van der Waals surface area contributed by atoms with Gasteiger partial charge in [0, 0.05) is 11.3 Å². The zero-order valence-electron chi connectivity index (χ0n) is 8.36. The van der Waals surface area contributed by atoms with Crippen molar-refractivity contribution in [2.24, 2.45) is 0 Å². The van der Waals surface area contributed by atoms with Gasteiger partial charge in [-0.25, -0.2) is 0 Å². The molecule has 2 aromatic rings. The molecule has 0 bridgehead atoms. The van der Waals surface area contributed by atoms with E-state index >= 15 is 0 Å². The van der Waals surface area contributed by atoms with Crippen molar-refractivity contribution < 1.29 is 9.21 Å². The SMILES string of the molecule is Cc1cocc1C(=O)c1ccc(N)cc1. The number of carbonyl (C=O) groups excluding carboxylic acids is 1. The quantitative estimate of drug-likeness (QED) is 0.599. The fourth-order valence-corrected chi connectivity index (χ4v) is 1.38. The van der Waals surface area contributed by atoms with Crippen LogP contribution in [0.15, 0.2) is 41.2 Å². The second-order valence-corrected chi connectivity index (χ2v) is 3.42. The highest BCUT2D eigenvalue weighted by Gasteiger charge is 2.12. The molecule has 0 amide bonds. The summed E-state index contributed by atoms with van der Waals surface area (Å²) in [6, 6.07) is 6.85. The van der Waals surface area contributed by atoms with Gasteiger partial charge in [0.15, 0.2) is 5.78 Å². The minimum absolute atomic E-state index is 0.0405. The summed E-state index contributed by atoms with van der Waals surface area (Å²) in [4.78, 5) is 11.9. The highest BCUT2D eigenvalue weighted by molar-refractivity contribution is 6.09. The molecule has 1 aromatic heterocycles. The highest BCUT2D eigenvalue weighted by Crippen LogP contribution is 2.15. The molecule has 0 unspecified atom stereocenters. The van der Waals surface area contributed by atoms with E-state index in [0.717, 1.165) is 5.56 Å². The second kappa shape index (κ2) is 3.61. The van der Waals surface area contributed by atoms with Crippen molar-refractivity contribution >= 4 is 11.5 Å². The van der Waals surface area contributed by atoms with E-state index in [-0.39, 0.29) is 5.78 Å². The number of aryl methyl sites for hydroxylation is 1. The molecule has 0 fully saturated rings. The fourth-order valence-electron chi connectivity index (χ4n) is 1.38. The van der Waals surface area contributed by atoms with Gasteiger partial charge in [-0.1, -0.05) is 0 Å². The maximum atomic E-state index is 11.9.